The Bertz CT molecular complexity index is 1980. The van der Waals surface area contributed by atoms with Crippen LogP contribution in [0.15, 0.2) is 41.9 Å². The van der Waals surface area contributed by atoms with E-state index in [0.29, 0.717) is 32.2 Å². The minimum absolute atomic E-state index is 0.0316. The summed E-state index contributed by atoms with van der Waals surface area (Å²) in [5, 5.41) is 8.94. The molecule has 3 rings (SSSR count). The third kappa shape index (κ3) is 16.2. The summed E-state index contributed by atoms with van der Waals surface area (Å²) >= 11 is 1.49. The normalized spacial score (nSPS) is 18.0. The van der Waals surface area contributed by atoms with Crippen molar-refractivity contribution in [1.29, 1.82) is 0 Å². The maximum Gasteiger partial charge on any atom is 0.410 e. The van der Waals surface area contributed by atoms with Crippen LogP contribution in [0.4, 0.5) is 4.79 Å². The third-order valence-corrected chi connectivity index (χ3v) is 14.5. The van der Waals surface area contributed by atoms with Crippen molar-refractivity contribution < 1.29 is 43.0 Å². The number of likely N-dealkylation sites (tertiary alicyclic amines) is 1. The van der Waals surface area contributed by atoms with Crippen LogP contribution in [0.3, 0.4) is 0 Å². The number of ether oxygens (including phenoxy) is 3. The molecule has 70 heavy (non-hydrogen) atoms. The van der Waals surface area contributed by atoms with Gasteiger partial charge in [-0.05, 0) is 75.7 Å². The molecule has 1 aliphatic rings. The predicted molar refractivity (Wildman–Crippen MR) is 275 cm³/mol. The summed E-state index contributed by atoms with van der Waals surface area (Å²) in [6.45, 7) is 22.9. The first-order chi connectivity index (χ1) is 32.8. The van der Waals surface area contributed by atoms with Crippen LogP contribution < -0.4 is 10.6 Å². The van der Waals surface area contributed by atoms with E-state index in [1.54, 1.807) is 65.1 Å². The van der Waals surface area contributed by atoms with Gasteiger partial charge in [-0.15, -0.1) is 11.3 Å². The highest BCUT2D eigenvalue weighted by Gasteiger charge is 2.44. The lowest BCUT2D eigenvalue weighted by Gasteiger charge is -2.41. The van der Waals surface area contributed by atoms with Gasteiger partial charge in [-0.25, -0.2) is 9.78 Å². The molecule has 1 aliphatic heterocycles. The number of rotatable bonds is 25. The maximum atomic E-state index is 14.8. The van der Waals surface area contributed by atoms with Gasteiger partial charge in [-0.3, -0.25) is 28.9 Å². The van der Waals surface area contributed by atoms with Gasteiger partial charge in [0.1, 0.15) is 28.7 Å². The molecular weight excluding hydrogens is 911 g/mol. The zero-order valence-electron chi connectivity index (χ0n) is 45.3. The van der Waals surface area contributed by atoms with E-state index in [1.165, 1.54) is 28.2 Å². The number of thiazole rings is 1. The number of hydrogen-bond acceptors (Lipinski definition) is 11. The standard InChI is InChI=1S/C53H87N7O9S/c1-18-35(8)45(59(15)51(65)43(33(4)5)56-48(63)44(34(6)7)58(14)50(64)40(29-32(2)3)57(13)52(66)69-53(10,11)12)41(67-16)31-42(61)60-27-22-25-39(60)46(68-17)36(9)47(62)55-38(49-54-26-28-70-49)30-37-23-20-19-21-24-37/h19-21,23-24,26,28,32-36,38-41,43-46H,18,22,25,27,29-31H2,1-17H3,(H,55,62)(H,56,63)/t35-,36+,38-,39-,40-,41+,43?,44-,45-,46+/m0/s1. The second-order valence-corrected chi connectivity index (χ2v) is 22.2. The van der Waals surface area contributed by atoms with Gasteiger partial charge in [-0.2, -0.15) is 0 Å². The fraction of sp³-hybridized carbons (Fsp3) is 0.717. The average Bonchev–Trinajstić information content (AvgIpc) is 4.02. The molecule has 1 aromatic carbocycles. The van der Waals surface area contributed by atoms with Gasteiger partial charge >= 0.3 is 6.09 Å². The van der Waals surface area contributed by atoms with Gasteiger partial charge in [0.05, 0.1) is 42.7 Å². The number of amides is 6. The molecule has 16 nitrogen and oxygen atoms in total. The zero-order valence-corrected chi connectivity index (χ0v) is 46.1. The summed E-state index contributed by atoms with van der Waals surface area (Å²) < 4.78 is 17.8. The third-order valence-electron chi connectivity index (χ3n) is 13.6. The SMILES string of the molecule is CC[C@H](C)[C@@H]([C@@H](CC(=O)N1CCC[C@H]1[C@H](OC)[C@@H](C)C(=O)N[C@@H](Cc1ccccc1)c1nccs1)OC)N(C)C(=O)C(NC(=O)[C@H](C(C)C)N(C)C(=O)[C@H](CC(C)C)N(C)C(=O)OC(C)(C)C)C(C)C. The molecule has 0 aliphatic carbocycles. The molecule has 1 saturated heterocycles. The number of nitrogens with zero attached hydrogens (tertiary/aromatic N) is 5. The monoisotopic (exact) mass is 998 g/mol. The first kappa shape index (κ1) is 59.7. The molecule has 0 bridgehead atoms. The first-order valence-electron chi connectivity index (χ1n) is 25.2. The Balaban J connectivity index is 1.83. The zero-order chi connectivity index (χ0) is 52.8. The average molecular weight is 998 g/mol. The van der Waals surface area contributed by atoms with E-state index in [9.17, 15) is 28.8 Å². The number of carbonyl (C=O) groups is 6. The van der Waals surface area contributed by atoms with Gasteiger partial charge in [0, 0.05) is 53.5 Å². The van der Waals surface area contributed by atoms with Crippen molar-refractivity contribution in [2.75, 3.05) is 41.9 Å². The van der Waals surface area contributed by atoms with Crippen LogP contribution in [0.1, 0.15) is 132 Å². The lowest BCUT2D eigenvalue weighted by Crippen LogP contribution is -2.61. The molecule has 2 N–H and O–H groups in total. The number of nitrogens with one attached hydrogen (secondary N) is 2. The van der Waals surface area contributed by atoms with Crippen LogP contribution in [-0.4, -0.2) is 150 Å². The van der Waals surface area contributed by atoms with Crippen molar-refractivity contribution in [3.8, 4) is 0 Å². The minimum Gasteiger partial charge on any atom is -0.444 e. The smallest absolute Gasteiger partial charge is 0.410 e. The van der Waals surface area contributed by atoms with Crippen molar-refractivity contribution in [3.63, 3.8) is 0 Å². The molecule has 10 atom stereocenters. The Labute approximate surface area is 423 Å². The van der Waals surface area contributed by atoms with Crippen molar-refractivity contribution in [3.05, 3.63) is 52.5 Å². The number of aromatic nitrogens is 1. The molecule has 17 heteroatoms. The van der Waals surface area contributed by atoms with Crippen LogP contribution in [0.2, 0.25) is 0 Å². The Hall–Kier alpha value is -4.61. The van der Waals surface area contributed by atoms with Gasteiger partial charge in [0.25, 0.3) is 0 Å². The van der Waals surface area contributed by atoms with Crippen LogP contribution in [0.25, 0.3) is 0 Å². The molecule has 1 aromatic heterocycles. The lowest BCUT2D eigenvalue weighted by molar-refractivity contribution is -0.149. The Morgan fingerprint density at radius 1 is 0.843 bits per heavy atom. The molecule has 2 heterocycles. The van der Waals surface area contributed by atoms with Crippen LogP contribution in [0, 0.1) is 29.6 Å². The van der Waals surface area contributed by atoms with E-state index in [2.05, 4.69) is 15.6 Å². The van der Waals surface area contributed by atoms with E-state index in [0.717, 1.165) is 17.0 Å². The second-order valence-electron chi connectivity index (χ2n) is 21.3. The summed E-state index contributed by atoms with van der Waals surface area (Å²) in [5.41, 5.74) is 0.295. The minimum atomic E-state index is -0.987. The number of benzene rings is 1. The number of hydrogen-bond donors (Lipinski definition) is 2. The number of carbonyl (C=O) groups excluding carboxylic acids is 6. The predicted octanol–water partition coefficient (Wildman–Crippen LogP) is 7.37. The second kappa shape index (κ2) is 27.3. The molecule has 6 amide bonds. The number of methoxy groups -OCH3 is 2. The van der Waals surface area contributed by atoms with Gasteiger partial charge in [-0.1, -0.05) is 99.1 Å². The topological polar surface area (TPSA) is 180 Å². The van der Waals surface area contributed by atoms with E-state index in [-0.39, 0.29) is 59.9 Å². The van der Waals surface area contributed by atoms with E-state index < -0.39 is 65.8 Å². The van der Waals surface area contributed by atoms with Crippen LogP contribution >= 0.6 is 11.3 Å². The Morgan fingerprint density at radius 2 is 1.49 bits per heavy atom. The summed E-state index contributed by atoms with van der Waals surface area (Å²) in [5.74, 6) is -3.03. The summed E-state index contributed by atoms with van der Waals surface area (Å²) in [6.07, 6.45) is 2.72. The molecule has 0 radical (unpaired) electrons. The Morgan fingerprint density at radius 3 is 2.00 bits per heavy atom. The summed E-state index contributed by atoms with van der Waals surface area (Å²) in [4.78, 5) is 95.9. The van der Waals surface area contributed by atoms with Gasteiger partial charge in [0.15, 0.2) is 0 Å². The highest BCUT2D eigenvalue weighted by molar-refractivity contribution is 7.09. The van der Waals surface area contributed by atoms with Crippen LogP contribution in [0.5, 0.6) is 0 Å². The summed E-state index contributed by atoms with van der Waals surface area (Å²) in [7, 11) is 7.90. The highest BCUT2D eigenvalue weighted by Crippen LogP contribution is 2.31. The largest absolute Gasteiger partial charge is 0.444 e. The lowest BCUT2D eigenvalue weighted by atomic mass is 9.89. The Kier molecular flexibility index (Phi) is 23.3. The van der Waals surface area contributed by atoms with E-state index in [4.69, 9.17) is 14.2 Å². The molecule has 1 fully saturated rings. The molecular formula is C53H87N7O9S. The molecule has 0 spiro atoms. The highest BCUT2D eigenvalue weighted by atomic mass is 32.1. The van der Waals surface area contributed by atoms with Crippen molar-refractivity contribution >= 4 is 47.0 Å². The van der Waals surface area contributed by atoms with E-state index >= 15 is 0 Å². The number of likely N-dealkylation sites (N-methyl/N-ethyl adjacent to an activating group) is 3. The van der Waals surface area contributed by atoms with Crippen molar-refractivity contribution in [2.24, 2.45) is 29.6 Å². The van der Waals surface area contributed by atoms with Gasteiger partial charge < -0.3 is 39.5 Å². The molecule has 1 unspecified atom stereocenters. The van der Waals surface area contributed by atoms with E-state index in [1.807, 2.05) is 98.0 Å². The van der Waals surface area contributed by atoms with Crippen molar-refractivity contribution in [2.45, 2.75) is 176 Å². The fourth-order valence-electron chi connectivity index (χ4n) is 9.67. The fourth-order valence-corrected chi connectivity index (χ4v) is 10.4. The summed E-state index contributed by atoms with van der Waals surface area (Å²) in [6, 6.07) is 5.81. The van der Waals surface area contributed by atoms with Crippen LogP contribution in [-0.2, 0) is 44.6 Å². The van der Waals surface area contributed by atoms with Gasteiger partial charge in [0.2, 0.25) is 29.5 Å². The first-order valence-corrected chi connectivity index (χ1v) is 26.1. The molecule has 394 valence electrons. The van der Waals surface area contributed by atoms with Crippen molar-refractivity contribution in [1.82, 2.24) is 35.2 Å². The quantitative estimate of drug-likeness (QED) is 0.102. The maximum absolute atomic E-state index is 14.8. The molecule has 0 saturated carbocycles. The molecule has 2 aromatic rings.